The molecule has 0 spiro atoms. The van der Waals surface area contributed by atoms with Crippen molar-refractivity contribution in [2.24, 2.45) is 0 Å². The Labute approximate surface area is 171 Å². The van der Waals surface area contributed by atoms with Crippen LogP contribution in [0.25, 0.3) is 11.3 Å². The SMILES string of the molecule is Cc1ccc(C2CN(C(=O)c3ccc(C)c(-c4nc(CCO)[nH]c4C)c3)C2)cc1. The van der Waals surface area contributed by atoms with Crippen molar-refractivity contribution in [2.45, 2.75) is 33.1 Å². The van der Waals surface area contributed by atoms with E-state index in [-0.39, 0.29) is 12.5 Å². The molecule has 2 heterocycles. The van der Waals surface area contributed by atoms with Crippen LogP contribution < -0.4 is 0 Å². The average Bonchev–Trinajstić information content (AvgIpc) is 3.03. The first-order valence-corrected chi connectivity index (χ1v) is 10.1. The number of aromatic nitrogens is 2. The molecule has 5 nitrogen and oxygen atoms in total. The minimum Gasteiger partial charge on any atom is -0.396 e. The first kappa shape index (κ1) is 19.4. The van der Waals surface area contributed by atoms with Crippen LogP contribution in [0.2, 0.25) is 0 Å². The van der Waals surface area contributed by atoms with Crippen LogP contribution in [0, 0.1) is 20.8 Å². The van der Waals surface area contributed by atoms with Crippen molar-refractivity contribution in [3.63, 3.8) is 0 Å². The molecule has 0 saturated carbocycles. The third-order valence-electron chi connectivity index (χ3n) is 5.74. The van der Waals surface area contributed by atoms with Crippen molar-refractivity contribution in [3.05, 3.63) is 76.2 Å². The van der Waals surface area contributed by atoms with Gasteiger partial charge in [0.15, 0.2) is 0 Å². The summed E-state index contributed by atoms with van der Waals surface area (Å²) in [6.45, 7) is 7.66. The number of aliphatic hydroxyl groups is 1. The van der Waals surface area contributed by atoms with E-state index in [1.54, 1.807) is 0 Å². The number of H-pyrrole nitrogens is 1. The van der Waals surface area contributed by atoms with Gasteiger partial charge in [-0.3, -0.25) is 4.79 Å². The zero-order valence-corrected chi connectivity index (χ0v) is 17.2. The Morgan fingerprint density at radius 2 is 1.86 bits per heavy atom. The Bertz CT molecular complexity index is 1030. The number of carbonyl (C=O) groups excluding carboxylic acids is 1. The Morgan fingerprint density at radius 3 is 2.55 bits per heavy atom. The van der Waals surface area contributed by atoms with Gasteiger partial charge in [-0.1, -0.05) is 35.9 Å². The summed E-state index contributed by atoms with van der Waals surface area (Å²) in [5.41, 5.74) is 7.08. The van der Waals surface area contributed by atoms with Gasteiger partial charge in [-0.25, -0.2) is 4.98 Å². The largest absolute Gasteiger partial charge is 0.396 e. The monoisotopic (exact) mass is 389 g/mol. The van der Waals surface area contributed by atoms with E-state index < -0.39 is 0 Å². The van der Waals surface area contributed by atoms with Crippen molar-refractivity contribution in [2.75, 3.05) is 19.7 Å². The van der Waals surface area contributed by atoms with Crippen molar-refractivity contribution in [3.8, 4) is 11.3 Å². The number of carbonyl (C=O) groups is 1. The Morgan fingerprint density at radius 1 is 1.14 bits per heavy atom. The summed E-state index contributed by atoms with van der Waals surface area (Å²) >= 11 is 0. The maximum Gasteiger partial charge on any atom is 0.253 e. The lowest BCUT2D eigenvalue weighted by atomic mass is 9.90. The molecular formula is C24H27N3O2. The predicted octanol–water partition coefficient (Wildman–Crippen LogP) is 3.78. The Kier molecular flexibility index (Phi) is 5.24. The Hall–Kier alpha value is -2.92. The van der Waals surface area contributed by atoms with Crippen LogP contribution in [-0.2, 0) is 6.42 Å². The lowest BCUT2D eigenvalue weighted by Gasteiger charge is -2.39. The third-order valence-corrected chi connectivity index (χ3v) is 5.74. The van der Waals surface area contributed by atoms with Crippen LogP contribution in [-0.4, -0.2) is 45.6 Å². The second kappa shape index (κ2) is 7.84. The Balaban J connectivity index is 1.52. The number of aliphatic hydroxyl groups excluding tert-OH is 1. The molecule has 2 N–H and O–H groups in total. The molecule has 5 heteroatoms. The molecular weight excluding hydrogens is 362 g/mol. The second-order valence-corrected chi connectivity index (χ2v) is 7.98. The van der Waals surface area contributed by atoms with E-state index in [1.807, 2.05) is 36.9 Å². The van der Waals surface area contributed by atoms with Gasteiger partial charge < -0.3 is 15.0 Å². The quantitative estimate of drug-likeness (QED) is 0.698. The zero-order valence-electron chi connectivity index (χ0n) is 17.2. The minimum atomic E-state index is 0.0566. The summed E-state index contributed by atoms with van der Waals surface area (Å²) in [7, 11) is 0. The summed E-state index contributed by atoms with van der Waals surface area (Å²) in [5.74, 6) is 1.25. The molecule has 0 bridgehead atoms. The lowest BCUT2D eigenvalue weighted by molar-refractivity contribution is 0.0602. The van der Waals surface area contributed by atoms with E-state index in [1.165, 1.54) is 11.1 Å². The smallest absolute Gasteiger partial charge is 0.253 e. The van der Waals surface area contributed by atoms with Crippen LogP contribution in [0.15, 0.2) is 42.5 Å². The molecule has 1 aliphatic heterocycles. The number of likely N-dealkylation sites (tertiary alicyclic amines) is 1. The zero-order chi connectivity index (χ0) is 20.5. The minimum absolute atomic E-state index is 0.0566. The van der Waals surface area contributed by atoms with E-state index >= 15 is 0 Å². The number of imidazole rings is 1. The van der Waals surface area contributed by atoms with Crippen LogP contribution in [0.5, 0.6) is 0 Å². The molecule has 1 amide bonds. The van der Waals surface area contributed by atoms with Gasteiger partial charge in [0.05, 0.1) is 12.3 Å². The van der Waals surface area contributed by atoms with Gasteiger partial charge in [0.25, 0.3) is 5.91 Å². The van der Waals surface area contributed by atoms with Gasteiger partial charge in [0.1, 0.15) is 5.82 Å². The average molecular weight is 389 g/mol. The molecule has 4 rings (SSSR count). The lowest BCUT2D eigenvalue weighted by Crippen LogP contribution is -2.48. The van der Waals surface area contributed by atoms with Crippen molar-refractivity contribution in [1.82, 2.24) is 14.9 Å². The molecule has 3 aromatic rings. The molecule has 0 unspecified atom stereocenters. The van der Waals surface area contributed by atoms with Gasteiger partial charge in [-0.2, -0.15) is 0 Å². The van der Waals surface area contributed by atoms with Gasteiger partial charge in [-0.05, 0) is 44.0 Å². The summed E-state index contributed by atoms with van der Waals surface area (Å²) in [6, 6.07) is 14.4. The standard InChI is InChI=1S/C24H27N3O2/c1-15-4-7-18(8-5-15)20-13-27(14-20)24(29)19-9-6-16(2)21(12-19)23-17(3)25-22(26-23)10-11-28/h4-9,12,20,28H,10-11,13-14H2,1-3H3,(H,25,26). The molecule has 1 aliphatic rings. The van der Waals surface area contributed by atoms with Gasteiger partial charge in [0, 0.05) is 42.2 Å². The molecule has 1 fully saturated rings. The fraction of sp³-hybridized carbons (Fsp3) is 0.333. The van der Waals surface area contributed by atoms with Crippen LogP contribution in [0.1, 0.15) is 44.5 Å². The van der Waals surface area contributed by atoms with Crippen LogP contribution >= 0.6 is 0 Å². The second-order valence-electron chi connectivity index (χ2n) is 7.98. The van der Waals surface area contributed by atoms with Gasteiger partial charge in [0.2, 0.25) is 0 Å². The van der Waals surface area contributed by atoms with E-state index in [4.69, 9.17) is 5.11 Å². The number of nitrogens with zero attached hydrogens (tertiary/aromatic N) is 2. The number of aromatic amines is 1. The van der Waals surface area contributed by atoms with Crippen molar-refractivity contribution in [1.29, 1.82) is 0 Å². The van der Waals surface area contributed by atoms with Gasteiger partial charge >= 0.3 is 0 Å². The van der Waals surface area contributed by atoms with Gasteiger partial charge in [-0.15, -0.1) is 0 Å². The highest BCUT2D eigenvalue weighted by Gasteiger charge is 2.32. The van der Waals surface area contributed by atoms with Crippen molar-refractivity contribution >= 4 is 5.91 Å². The number of amides is 1. The normalized spacial score (nSPS) is 14.1. The number of benzene rings is 2. The summed E-state index contributed by atoms with van der Waals surface area (Å²) < 4.78 is 0. The molecule has 1 saturated heterocycles. The molecule has 0 radical (unpaired) electrons. The van der Waals surface area contributed by atoms with E-state index in [9.17, 15) is 4.79 Å². The highest BCUT2D eigenvalue weighted by molar-refractivity contribution is 5.96. The maximum absolute atomic E-state index is 13.0. The number of nitrogens with one attached hydrogen (secondary N) is 1. The third kappa shape index (κ3) is 3.83. The topological polar surface area (TPSA) is 69.2 Å². The molecule has 1 aromatic heterocycles. The first-order chi connectivity index (χ1) is 14.0. The van der Waals surface area contributed by atoms with Crippen LogP contribution in [0.3, 0.4) is 0 Å². The summed E-state index contributed by atoms with van der Waals surface area (Å²) in [5, 5.41) is 9.16. The summed E-state index contributed by atoms with van der Waals surface area (Å²) in [6.07, 6.45) is 0.493. The van der Waals surface area contributed by atoms with E-state index in [0.29, 0.717) is 17.9 Å². The first-order valence-electron chi connectivity index (χ1n) is 10.1. The van der Waals surface area contributed by atoms with Crippen molar-refractivity contribution < 1.29 is 9.90 Å². The van der Waals surface area contributed by atoms with Crippen LogP contribution in [0.4, 0.5) is 0 Å². The molecule has 150 valence electrons. The molecule has 29 heavy (non-hydrogen) atoms. The predicted molar refractivity (Wildman–Crippen MR) is 114 cm³/mol. The maximum atomic E-state index is 13.0. The molecule has 0 aliphatic carbocycles. The molecule has 2 aromatic carbocycles. The number of hydrogen-bond donors (Lipinski definition) is 2. The fourth-order valence-electron chi connectivity index (χ4n) is 3.90. The molecule has 0 atom stereocenters. The highest BCUT2D eigenvalue weighted by Crippen LogP contribution is 2.31. The fourth-order valence-corrected chi connectivity index (χ4v) is 3.90. The number of hydrogen-bond acceptors (Lipinski definition) is 3. The van der Waals surface area contributed by atoms with E-state index in [0.717, 1.165) is 41.4 Å². The van der Waals surface area contributed by atoms with E-state index in [2.05, 4.69) is 41.2 Å². The highest BCUT2D eigenvalue weighted by atomic mass is 16.3. The number of aryl methyl sites for hydroxylation is 3. The summed E-state index contributed by atoms with van der Waals surface area (Å²) in [4.78, 5) is 22.8. The number of rotatable bonds is 5.